The lowest BCUT2D eigenvalue weighted by Crippen LogP contribution is -2.00. The quantitative estimate of drug-likeness (QED) is 0.281. The number of thiazole rings is 2. The van der Waals surface area contributed by atoms with E-state index in [-0.39, 0.29) is 4.90 Å². The summed E-state index contributed by atoms with van der Waals surface area (Å²) in [4.78, 5) is 9.31. The molecule has 30 heavy (non-hydrogen) atoms. The van der Waals surface area contributed by atoms with E-state index in [0.717, 1.165) is 26.4 Å². The lowest BCUT2D eigenvalue weighted by atomic mass is 10.2. The third kappa shape index (κ3) is 3.16. The van der Waals surface area contributed by atoms with Gasteiger partial charge in [0.1, 0.15) is 14.9 Å². The standard InChI is InChI=1S/C21H15N3O3S3/c1-11-5-10-16-18(19(11)30(25,26)27)29-21(24-16)14-3-2-4-15-17(14)28-20(23-15)12-6-8-13(22)9-7-12/h2-10H,22H2,1H3,(H,25,26,27). The van der Waals surface area contributed by atoms with Gasteiger partial charge in [0.15, 0.2) is 0 Å². The smallest absolute Gasteiger partial charge is 0.296 e. The zero-order valence-electron chi connectivity index (χ0n) is 15.7. The molecule has 0 aliphatic heterocycles. The van der Waals surface area contributed by atoms with Crippen molar-refractivity contribution in [2.24, 2.45) is 0 Å². The second-order valence-electron chi connectivity index (χ2n) is 6.85. The first kappa shape index (κ1) is 19.1. The fourth-order valence-corrected chi connectivity index (χ4v) is 6.86. The van der Waals surface area contributed by atoms with Crippen LogP contribution in [0.2, 0.25) is 0 Å². The predicted molar refractivity (Wildman–Crippen MR) is 123 cm³/mol. The van der Waals surface area contributed by atoms with E-state index in [1.165, 1.54) is 11.3 Å². The van der Waals surface area contributed by atoms with Crippen LogP contribution in [0, 0.1) is 6.92 Å². The van der Waals surface area contributed by atoms with Gasteiger partial charge < -0.3 is 5.73 Å². The van der Waals surface area contributed by atoms with Gasteiger partial charge in [-0.15, -0.1) is 22.7 Å². The maximum Gasteiger partial charge on any atom is 0.296 e. The Labute approximate surface area is 180 Å². The third-order valence-corrected chi connectivity index (χ3v) is 8.22. The zero-order chi connectivity index (χ0) is 21.0. The van der Waals surface area contributed by atoms with Crippen LogP contribution in [0.5, 0.6) is 0 Å². The fraction of sp³-hybridized carbons (Fsp3) is 0.0476. The Morgan fingerprint density at radius 3 is 2.27 bits per heavy atom. The first-order valence-electron chi connectivity index (χ1n) is 8.95. The van der Waals surface area contributed by atoms with Crippen LogP contribution in [-0.4, -0.2) is 22.9 Å². The van der Waals surface area contributed by atoms with E-state index in [9.17, 15) is 13.0 Å². The molecule has 0 saturated heterocycles. The van der Waals surface area contributed by atoms with Gasteiger partial charge in [-0.25, -0.2) is 9.97 Å². The van der Waals surface area contributed by atoms with E-state index in [0.29, 0.717) is 26.5 Å². The summed E-state index contributed by atoms with van der Waals surface area (Å²) in [7, 11) is -4.36. The second kappa shape index (κ2) is 6.85. The first-order valence-corrected chi connectivity index (χ1v) is 12.0. The molecule has 0 unspecified atom stereocenters. The van der Waals surface area contributed by atoms with E-state index >= 15 is 0 Å². The number of nitrogen functional groups attached to an aromatic ring is 1. The van der Waals surface area contributed by atoms with E-state index in [4.69, 9.17) is 10.7 Å². The molecule has 3 N–H and O–H groups in total. The Hall–Kier alpha value is -2.85. The summed E-state index contributed by atoms with van der Waals surface area (Å²) >= 11 is 2.80. The van der Waals surface area contributed by atoms with Gasteiger partial charge in [0.2, 0.25) is 0 Å². The molecule has 0 spiro atoms. The summed E-state index contributed by atoms with van der Waals surface area (Å²) in [6, 6.07) is 16.8. The van der Waals surface area contributed by atoms with Crippen molar-refractivity contribution in [2.45, 2.75) is 11.8 Å². The summed E-state index contributed by atoms with van der Waals surface area (Å²) in [5, 5.41) is 1.55. The number of hydrogen-bond acceptors (Lipinski definition) is 7. The van der Waals surface area contributed by atoms with Gasteiger partial charge in [-0.2, -0.15) is 8.42 Å². The van der Waals surface area contributed by atoms with Crippen LogP contribution in [-0.2, 0) is 10.1 Å². The topological polar surface area (TPSA) is 106 Å². The summed E-state index contributed by atoms with van der Waals surface area (Å²) in [6.45, 7) is 1.66. The van der Waals surface area contributed by atoms with Crippen molar-refractivity contribution in [1.29, 1.82) is 0 Å². The number of benzene rings is 3. The highest BCUT2D eigenvalue weighted by Crippen LogP contribution is 2.41. The van der Waals surface area contributed by atoms with Gasteiger partial charge >= 0.3 is 0 Å². The Bertz CT molecular complexity index is 1530. The molecule has 2 heterocycles. The van der Waals surface area contributed by atoms with E-state index < -0.39 is 10.1 Å². The van der Waals surface area contributed by atoms with Crippen molar-refractivity contribution >= 4 is 58.9 Å². The van der Waals surface area contributed by atoms with Gasteiger partial charge in [-0.3, -0.25) is 4.55 Å². The molecule has 5 aromatic rings. The van der Waals surface area contributed by atoms with Crippen molar-refractivity contribution in [2.75, 3.05) is 5.73 Å². The van der Waals surface area contributed by atoms with Crippen molar-refractivity contribution in [3.05, 3.63) is 60.2 Å². The Kier molecular flexibility index (Phi) is 4.37. The monoisotopic (exact) mass is 453 g/mol. The minimum absolute atomic E-state index is 0.0807. The summed E-state index contributed by atoms with van der Waals surface area (Å²) < 4.78 is 35.0. The first-order chi connectivity index (χ1) is 14.3. The van der Waals surface area contributed by atoms with Crippen LogP contribution in [0.4, 0.5) is 5.69 Å². The molecule has 0 aliphatic carbocycles. The van der Waals surface area contributed by atoms with Crippen LogP contribution < -0.4 is 5.73 Å². The van der Waals surface area contributed by atoms with Crippen LogP contribution >= 0.6 is 22.7 Å². The maximum absolute atomic E-state index is 11.9. The number of anilines is 1. The molecule has 0 bridgehead atoms. The zero-order valence-corrected chi connectivity index (χ0v) is 18.1. The Morgan fingerprint density at radius 2 is 1.53 bits per heavy atom. The number of fused-ring (bicyclic) bond motifs is 2. The van der Waals surface area contributed by atoms with E-state index in [1.807, 2.05) is 42.5 Å². The number of aryl methyl sites for hydroxylation is 1. The Morgan fingerprint density at radius 1 is 0.867 bits per heavy atom. The Balaban J connectivity index is 1.72. The van der Waals surface area contributed by atoms with Crippen molar-refractivity contribution in [3.8, 4) is 21.1 Å². The molecule has 0 saturated carbocycles. The molecule has 5 rings (SSSR count). The van der Waals surface area contributed by atoms with Crippen molar-refractivity contribution in [1.82, 2.24) is 9.97 Å². The molecule has 0 fully saturated rings. The summed E-state index contributed by atoms with van der Waals surface area (Å²) in [6.07, 6.45) is 0. The highest BCUT2D eigenvalue weighted by molar-refractivity contribution is 7.86. The van der Waals surface area contributed by atoms with E-state index in [1.54, 1.807) is 30.4 Å². The molecule has 2 aromatic heterocycles. The van der Waals surface area contributed by atoms with Crippen LogP contribution in [0.3, 0.4) is 0 Å². The molecular weight excluding hydrogens is 438 g/mol. The van der Waals surface area contributed by atoms with Crippen molar-refractivity contribution in [3.63, 3.8) is 0 Å². The maximum atomic E-state index is 11.9. The highest BCUT2D eigenvalue weighted by atomic mass is 32.2. The van der Waals surface area contributed by atoms with Gasteiger partial charge in [0.05, 0.1) is 20.4 Å². The number of rotatable bonds is 3. The largest absolute Gasteiger partial charge is 0.399 e. The number of hydrogen-bond donors (Lipinski definition) is 2. The molecule has 0 amide bonds. The number of nitrogens with two attached hydrogens (primary N) is 1. The average Bonchev–Trinajstić information content (AvgIpc) is 3.31. The van der Waals surface area contributed by atoms with E-state index in [2.05, 4.69) is 4.98 Å². The lowest BCUT2D eigenvalue weighted by molar-refractivity contribution is 0.484. The highest BCUT2D eigenvalue weighted by Gasteiger charge is 2.22. The fourth-order valence-electron chi connectivity index (χ4n) is 3.37. The molecule has 3 aromatic carbocycles. The van der Waals surface area contributed by atoms with Crippen molar-refractivity contribution < 1.29 is 13.0 Å². The number of aromatic nitrogens is 2. The van der Waals surface area contributed by atoms with Gasteiger partial charge in [0, 0.05) is 16.8 Å². The molecule has 150 valence electrons. The van der Waals surface area contributed by atoms with Gasteiger partial charge in [0.25, 0.3) is 10.1 Å². The third-order valence-electron chi connectivity index (χ3n) is 4.77. The summed E-state index contributed by atoms with van der Waals surface area (Å²) in [5.74, 6) is 0. The predicted octanol–water partition coefficient (Wildman–Crippen LogP) is 5.38. The van der Waals surface area contributed by atoms with Gasteiger partial charge in [-0.05, 0) is 48.9 Å². The van der Waals surface area contributed by atoms with Crippen LogP contribution in [0.25, 0.3) is 41.6 Å². The second-order valence-corrected chi connectivity index (χ2v) is 10.2. The van der Waals surface area contributed by atoms with Crippen LogP contribution in [0.1, 0.15) is 5.56 Å². The molecule has 0 aliphatic rings. The SMILES string of the molecule is Cc1ccc2nc(-c3cccc4nc(-c5ccc(N)cc5)sc34)sc2c1S(=O)(=O)O. The van der Waals surface area contributed by atoms with Gasteiger partial charge in [-0.1, -0.05) is 18.2 Å². The number of nitrogens with zero attached hydrogens (tertiary/aromatic N) is 2. The minimum Gasteiger partial charge on any atom is -0.399 e. The average molecular weight is 454 g/mol. The molecular formula is C21H15N3O3S3. The molecule has 0 atom stereocenters. The molecule has 0 radical (unpaired) electrons. The minimum atomic E-state index is -4.36. The molecule has 6 nitrogen and oxygen atoms in total. The summed E-state index contributed by atoms with van der Waals surface area (Å²) in [5.41, 5.74) is 10.2. The van der Waals surface area contributed by atoms with Crippen LogP contribution in [0.15, 0.2) is 59.5 Å². The molecule has 9 heteroatoms. The lowest BCUT2D eigenvalue weighted by Gasteiger charge is -2.02. The normalized spacial score (nSPS) is 12.1.